The van der Waals surface area contributed by atoms with Crippen LogP contribution in [0.2, 0.25) is 0 Å². The number of hydrogen-bond acceptors (Lipinski definition) is 3. The first-order chi connectivity index (χ1) is 9.48. The minimum Gasteiger partial charge on any atom is -0.399 e. The average molecular weight is 266 g/mol. The van der Waals surface area contributed by atoms with Crippen LogP contribution in [0.5, 0.6) is 0 Å². The van der Waals surface area contributed by atoms with Gasteiger partial charge in [-0.25, -0.2) is 0 Å². The third-order valence-electron chi connectivity index (χ3n) is 3.76. The molecule has 4 heteroatoms. The Morgan fingerprint density at radius 3 is 2.45 bits per heavy atom. The molecule has 102 valence electrons. The van der Waals surface area contributed by atoms with Crippen molar-refractivity contribution in [3.8, 4) is 0 Å². The van der Waals surface area contributed by atoms with Crippen LogP contribution in [0, 0.1) is 6.92 Å². The smallest absolute Gasteiger partial charge is 0.161 e. The van der Waals surface area contributed by atoms with Crippen LogP contribution in [0.1, 0.15) is 30.8 Å². The average Bonchev–Trinajstić information content (AvgIpc) is 2.82. The highest BCUT2D eigenvalue weighted by Crippen LogP contribution is 2.30. The van der Waals surface area contributed by atoms with Crippen molar-refractivity contribution in [2.75, 3.05) is 5.73 Å². The third-order valence-corrected chi connectivity index (χ3v) is 3.76. The number of aromatic nitrogens is 3. The molecule has 2 aromatic heterocycles. The SMILES string of the molecule is Cc1ccn2c(C(C)(C)c3ccc(N)cc3)nnc2c1. The van der Waals surface area contributed by atoms with Crippen LogP contribution in [0.3, 0.4) is 0 Å². The zero-order chi connectivity index (χ0) is 14.3. The maximum atomic E-state index is 5.76. The van der Waals surface area contributed by atoms with Crippen molar-refractivity contribution in [3.63, 3.8) is 0 Å². The Morgan fingerprint density at radius 2 is 1.75 bits per heavy atom. The van der Waals surface area contributed by atoms with Gasteiger partial charge in [0.15, 0.2) is 5.65 Å². The van der Waals surface area contributed by atoms with Crippen LogP contribution in [-0.2, 0) is 5.41 Å². The van der Waals surface area contributed by atoms with Crippen molar-refractivity contribution >= 4 is 11.3 Å². The number of rotatable bonds is 2. The van der Waals surface area contributed by atoms with Crippen molar-refractivity contribution in [3.05, 3.63) is 59.5 Å². The Morgan fingerprint density at radius 1 is 1.05 bits per heavy atom. The van der Waals surface area contributed by atoms with E-state index in [0.717, 1.165) is 17.2 Å². The molecule has 0 saturated heterocycles. The van der Waals surface area contributed by atoms with Crippen molar-refractivity contribution in [2.45, 2.75) is 26.2 Å². The van der Waals surface area contributed by atoms with Gasteiger partial charge in [0, 0.05) is 11.9 Å². The van der Waals surface area contributed by atoms with Gasteiger partial charge in [-0.1, -0.05) is 12.1 Å². The second-order valence-corrected chi connectivity index (χ2v) is 5.70. The highest BCUT2D eigenvalue weighted by molar-refractivity contribution is 5.46. The summed E-state index contributed by atoms with van der Waals surface area (Å²) in [4.78, 5) is 0. The van der Waals surface area contributed by atoms with E-state index in [4.69, 9.17) is 5.73 Å². The number of anilines is 1. The third kappa shape index (κ3) is 1.93. The molecule has 4 nitrogen and oxygen atoms in total. The molecule has 1 aromatic carbocycles. The molecule has 0 bridgehead atoms. The predicted octanol–water partition coefficient (Wildman–Crippen LogP) is 2.95. The molecule has 0 spiro atoms. The van der Waals surface area contributed by atoms with E-state index in [1.807, 2.05) is 40.9 Å². The van der Waals surface area contributed by atoms with Gasteiger partial charge in [-0.15, -0.1) is 10.2 Å². The normalized spacial score (nSPS) is 11.9. The molecule has 0 saturated carbocycles. The molecule has 0 amide bonds. The standard InChI is InChI=1S/C16H18N4/c1-11-8-9-20-14(10-11)18-19-15(20)16(2,3)12-4-6-13(17)7-5-12/h4-10H,17H2,1-3H3. The quantitative estimate of drug-likeness (QED) is 0.725. The summed E-state index contributed by atoms with van der Waals surface area (Å²) in [6.07, 6.45) is 2.03. The largest absolute Gasteiger partial charge is 0.399 e. The van der Waals surface area contributed by atoms with Gasteiger partial charge >= 0.3 is 0 Å². The zero-order valence-electron chi connectivity index (χ0n) is 12.0. The summed E-state index contributed by atoms with van der Waals surface area (Å²) in [6, 6.07) is 12.0. The fraction of sp³-hybridized carbons (Fsp3) is 0.250. The Balaban J connectivity index is 2.15. The van der Waals surface area contributed by atoms with E-state index < -0.39 is 0 Å². The first kappa shape index (κ1) is 12.7. The monoisotopic (exact) mass is 266 g/mol. The second kappa shape index (κ2) is 4.34. The maximum Gasteiger partial charge on any atom is 0.161 e. The molecule has 0 unspecified atom stereocenters. The van der Waals surface area contributed by atoms with Crippen molar-refractivity contribution < 1.29 is 0 Å². The molecule has 2 heterocycles. The molecule has 0 atom stereocenters. The van der Waals surface area contributed by atoms with E-state index >= 15 is 0 Å². The Bertz CT molecular complexity index is 754. The summed E-state index contributed by atoms with van der Waals surface area (Å²) in [5, 5.41) is 8.67. The summed E-state index contributed by atoms with van der Waals surface area (Å²) < 4.78 is 2.04. The summed E-state index contributed by atoms with van der Waals surface area (Å²) in [7, 11) is 0. The topological polar surface area (TPSA) is 56.2 Å². The van der Waals surface area contributed by atoms with E-state index in [2.05, 4.69) is 37.0 Å². The molecular weight excluding hydrogens is 248 g/mol. The van der Waals surface area contributed by atoms with Crippen molar-refractivity contribution in [1.82, 2.24) is 14.6 Å². The molecule has 0 radical (unpaired) electrons. The number of pyridine rings is 1. The first-order valence-corrected chi connectivity index (χ1v) is 6.66. The maximum absolute atomic E-state index is 5.76. The van der Waals surface area contributed by atoms with Gasteiger partial charge in [-0.2, -0.15) is 0 Å². The van der Waals surface area contributed by atoms with E-state index in [0.29, 0.717) is 0 Å². The van der Waals surface area contributed by atoms with Gasteiger partial charge in [-0.05, 0) is 56.2 Å². The minimum atomic E-state index is -0.234. The van der Waals surface area contributed by atoms with Crippen LogP contribution in [-0.4, -0.2) is 14.6 Å². The van der Waals surface area contributed by atoms with Gasteiger partial charge in [-0.3, -0.25) is 4.40 Å². The van der Waals surface area contributed by atoms with Crippen molar-refractivity contribution in [1.29, 1.82) is 0 Å². The highest BCUT2D eigenvalue weighted by atomic mass is 15.2. The lowest BCUT2D eigenvalue weighted by Gasteiger charge is -2.23. The fourth-order valence-corrected chi connectivity index (χ4v) is 2.45. The van der Waals surface area contributed by atoms with E-state index in [9.17, 15) is 0 Å². The predicted molar refractivity (Wildman–Crippen MR) is 80.7 cm³/mol. The van der Waals surface area contributed by atoms with Crippen LogP contribution >= 0.6 is 0 Å². The summed E-state index contributed by atoms with van der Waals surface area (Å²) in [6.45, 7) is 6.35. The number of nitrogens with two attached hydrogens (primary N) is 1. The van der Waals surface area contributed by atoms with Gasteiger partial charge < -0.3 is 5.73 Å². The van der Waals surface area contributed by atoms with Gasteiger partial charge in [0.1, 0.15) is 5.82 Å². The summed E-state index contributed by atoms with van der Waals surface area (Å²) in [5.41, 5.74) is 9.53. The van der Waals surface area contributed by atoms with Crippen LogP contribution in [0.25, 0.3) is 5.65 Å². The summed E-state index contributed by atoms with van der Waals surface area (Å²) in [5.74, 6) is 0.928. The van der Waals surface area contributed by atoms with Gasteiger partial charge in [0.25, 0.3) is 0 Å². The fourth-order valence-electron chi connectivity index (χ4n) is 2.45. The van der Waals surface area contributed by atoms with Gasteiger partial charge in [0.2, 0.25) is 0 Å². The van der Waals surface area contributed by atoms with Gasteiger partial charge in [0.05, 0.1) is 5.41 Å². The molecule has 0 fully saturated rings. The molecule has 20 heavy (non-hydrogen) atoms. The molecular formula is C16H18N4. The number of fused-ring (bicyclic) bond motifs is 1. The van der Waals surface area contributed by atoms with Crippen LogP contribution in [0.15, 0.2) is 42.6 Å². The Labute approximate surface area is 118 Å². The molecule has 0 aliphatic rings. The molecule has 3 rings (SSSR count). The number of nitrogen functional groups attached to an aromatic ring is 1. The van der Waals surface area contributed by atoms with Crippen LogP contribution in [0.4, 0.5) is 5.69 Å². The lowest BCUT2D eigenvalue weighted by atomic mass is 9.83. The second-order valence-electron chi connectivity index (χ2n) is 5.70. The van der Waals surface area contributed by atoms with E-state index in [1.165, 1.54) is 11.1 Å². The number of benzene rings is 1. The summed E-state index contributed by atoms with van der Waals surface area (Å²) >= 11 is 0. The number of aryl methyl sites for hydroxylation is 1. The highest BCUT2D eigenvalue weighted by Gasteiger charge is 2.28. The molecule has 0 aliphatic carbocycles. The lowest BCUT2D eigenvalue weighted by molar-refractivity contribution is 0.582. The number of hydrogen-bond donors (Lipinski definition) is 1. The Kier molecular flexibility index (Phi) is 2.74. The number of nitrogens with zero attached hydrogens (tertiary/aromatic N) is 3. The molecule has 0 aliphatic heterocycles. The van der Waals surface area contributed by atoms with Crippen molar-refractivity contribution in [2.24, 2.45) is 0 Å². The van der Waals surface area contributed by atoms with E-state index in [-0.39, 0.29) is 5.41 Å². The lowest BCUT2D eigenvalue weighted by Crippen LogP contribution is -2.22. The molecule has 3 aromatic rings. The minimum absolute atomic E-state index is 0.234. The first-order valence-electron chi connectivity index (χ1n) is 6.66. The van der Waals surface area contributed by atoms with Crippen LogP contribution < -0.4 is 5.73 Å². The molecule has 2 N–H and O–H groups in total. The Hall–Kier alpha value is -2.36. The van der Waals surface area contributed by atoms with E-state index in [1.54, 1.807) is 0 Å². The zero-order valence-corrected chi connectivity index (χ0v) is 12.0.